The number of piperidine rings is 1. The number of hydrogen-bond donors (Lipinski definition) is 1. The van der Waals surface area contributed by atoms with Gasteiger partial charge in [0.25, 0.3) is 0 Å². The van der Waals surface area contributed by atoms with Crippen molar-refractivity contribution >= 4 is 11.5 Å². The van der Waals surface area contributed by atoms with E-state index in [0.29, 0.717) is 18.3 Å². The molecule has 2 bridgehead atoms. The molecule has 1 aromatic rings. The summed E-state index contributed by atoms with van der Waals surface area (Å²) in [7, 11) is 1.71. The summed E-state index contributed by atoms with van der Waals surface area (Å²) in [5.41, 5.74) is 3.38. The molecule has 25 heavy (non-hydrogen) atoms. The van der Waals surface area contributed by atoms with Crippen molar-refractivity contribution in [2.75, 3.05) is 38.7 Å². The predicted octanol–water partition coefficient (Wildman–Crippen LogP) is 3.32. The van der Waals surface area contributed by atoms with Crippen molar-refractivity contribution in [3.8, 4) is 0 Å². The summed E-state index contributed by atoms with van der Waals surface area (Å²) in [6.07, 6.45) is 3.82. The van der Waals surface area contributed by atoms with Crippen molar-refractivity contribution in [2.45, 2.75) is 44.6 Å². The third-order valence-electron chi connectivity index (χ3n) is 6.78. The molecule has 0 amide bonds. The topological polar surface area (TPSA) is 41.6 Å². The van der Waals surface area contributed by atoms with Crippen LogP contribution in [0.1, 0.15) is 49.0 Å². The van der Waals surface area contributed by atoms with Crippen molar-refractivity contribution in [1.82, 2.24) is 4.90 Å². The van der Waals surface area contributed by atoms with Crippen LogP contribution in [0.2, 0.25) is 0 Å². The number of likely N-dealkylation sites (tertiary alicyclic amines) is 1. The summed E-state index contributed by atoms with van der Waals surface area (Å²) >= 11 is 0. The monoisotopic (exact) mass is 342 g/mol. The molecule has 1 N–H and O–H groups in total. The van der Waals surface area contributed by atoms with Crippen LogP contribution in [0.25, 0.3) is 0 Å². The van der Waals surface area contributed by atoms with Crippen molar-refractivity contribution in [3.63, 3.8) is 0 Å². The Morgan fingerprint density at radius 3 is 2.88 bits per heavy atom. The van der Waals surface area contributed by atoms with E-state index < -0.39 is 0 Å². The Hall–Kier alpha value is -1.39. The van der Waals surface area contributed by atoms with Crippen LogP contribution in [0, 0.1) is 11.8 Å². The van der Waals surface area contributed by atoms with Crippen molar-refractivity contribution in [2.24, 2.45) is 11.8 Å². The van der Waals surface area contributed by atoms with Gasteiger partial charge in [-0.2, -0.15) is 0 Å². The minimum atomic E-state index is 0.0687. The molecule has 0 aromatic heterocycles. The maximum atomic E-state index is 13.3. The van der Waals surface area contributed by atoms with Gasteiger partial charge in [0.15, 0.2) is 5.78 Å². The molecule has 4 nitrogen and oxygen atoms in total. The van der Waals surface area contributed by atoms with Crippen molar-refractivity contribution < 1.29 is 9.53 Å². The largest absolute Gasteiger partial charge is 0.383 e. The van der Waals surface area contributed by atoms with E-state index in [4.69, 9.17) is 4.74 Å². The van der Waals surface area contributed by atoms with Gasteiger partial charge in [0.05, 0.1) is 12.6 Å². The summed E-state index contributed by atoms with van der Waals surface area (Å²) < 4.78 is 5.12. The van der Waals surface area contributed by atoms with E-state index in [0.717, 1.165) is 43.2 Å². The Labute approximate surface area is 150 Å². The fourth-order valence-corrected chi connectivity index (χ4v) is 4.82. The van der Waals surface area contributed by atoms with E-state index in [9.17, 15) is 4.79 Å². The lowest BCUT2D eigenvalue weighted by Crippen LogP contribution is -2.61. The van der Waals surface area contributed by atoms with Gasteiger partial charge in [-0.15, -0.1) is 0 Å². The van der Waals surface area contributed by atoms with Crippen LogP contribution in [0.15, 0.2) is 18.2 Å². The molecule has 1 saturated heterocycles. The van der Waals surface area contributed by atoms with Gasteiger partial charge >= 0.3 is 0 Å². The minimum Gasteiger partial charge on any atom is -0.383 e. The maximum absolute atomic E-state index is 13.3. The summed E-state index contributed by atoms with van der Waals surface area (Å²) in [6.45, 7) is 8.28. The van der Waals surface area contributed by atoms with E-state index in [-0.39, 0.29) is 11.5 Å². The number of fused-ring (bicyclic) bond motifs is 4. The number of nitrogens with one attached hydrogen (secondary N) is 1. The van der Waals surface area contributed by atoms with Crippen LogP contribution in [-0.4, -0.2) is 50.1 Å². The Bertz CT molecular complexity index is 670. The number of ketones is 1. The summed E-state index contributed by atoms with van der Waals surface area (Å²) in [5.74, 6) is 1.54. The highest BCUT2D eigenvalue weighted by Gasteiger charge is 2.52. The minimum absolute atomic E-state index is 0.0687. The predicted molar refractivity (Wildman–Crippen MR) is 100 cm³/mol. The fraction of sp³-hybridized carbons (Fsp3) is 0.667. The molecule has 136 valence electrons. The molecule has 0 spiro atoms. The van der Waals surface area contributed by atoms with Crippen molar-refractivity contribution in [3.05, 3.63) is 29.3 Å². The van der Waals surface area contributed by atoms with Crippen LogP contribution >= 0.6 is 0 Å². The molecule has 1 saturated carbocycles. The Balaban J connectivity index is 1.65. The summed E-state index contributed by atoms with van der Waals surface area (Å²) in [5, 5.41) is 3.41. The molecule has 4 heteroatoms. The van der Waals surface area contributed by atoms with Gasteiger partial charge in [-0.05, 0) is 66.8 Å². The number of Topliss-reactive ketones (excluding diaryl/α,β-unsaturated/α-hetero) is 1. The highest BCUT2D eigenvalue weighted by Crippen LogP contribution is 2.49. The SMILES string of the molecule is COCCNc1ccc2c(c1)[C@@]1(C)CCN(CC3CC3)[C@H](C2=O)[C@@H]1C. The second kappa shape index (κ2) is 6.40. The standard InChI is InChI=1S/C21H30N2O2/c1-14-19-20(24)17-7-6-16(22-9-11-25-3)12-18(17)21(14,2)8-10-23(19)13-15-4-5-15/h6-7,12,14-15,19,22H,4-5,8-11,13H2,1-3H3/t14-,19-,21-/m0/s1. The zero-order chi connectivity index (χ0) is 17.6. The quantitative estimate of drug-likeness (QED) is 0.805. The van der Waals surface area contributed by atoms with Gasteiger partial charge in [-0.25, -0.2) is 0 Å². The van der Waals surface area contributed by atoms with E-state index in [1.165, 1.54) is 18.4 Å². The van der Waals surface area contributed by atoms with Gasteiger partial charge in [0.2, 0.25) is 0 Å². The Kier molecular flexibility index (Phi) is 4.37. The summed E-state index contributed by atoms with van der Waals surface area (Å²) in [4.78, 5) is 15.8. The number of ether oxygens (including phenoxy) is 1. The first-order valence-electron chi connectivity index (χ1n) is 9.70. The smallest absolute Gasteiger partial charge is 0.180 e. The van der Waals surface area contributed by atoms with Gasteiger partial charge in [0.1, 0.15) is 0 Å². The zero-order valence-electron chi connectivity index (χ0n) is 15.7. The lowest BCUT2D eigenvalue weighted by molar-refractivity contribution is 0.0266. The first-order valence-corrected chi connectivity index (χ1v) is 9.70. The second-order valence-corrected chi connectivity index (χ2v) is 8.38. The fourth-order valence-electron chi connectivity index (χ4n) is 4.82. The second-order valence-electron chi connectivity index (χ2n) is 8.38. The number of hydrogen-bond acceptors (Lipinski definition) is 4. The molecule has 1 heterocycles. The van der Waals surface area contributed by atoms with Crippen LogP contribution in [0.4, 0.5) is 5.69 Å². The molecule has 2 fully saturated rings. The first-order chi connectivity index (χ1) is 12.0. The maximum Gasteiger partial charge on any atom is 0.180 e. The van der Waals surface area contributed by atoms with E-state index >= 15 is 0 Å². The molecular weight excluding hydrogens is 312 g/mol. The number of benzene rings is 1. The highest BCUT2D eigenvalue weighted by molar-refractivity contribution is 6.04. The normalized spacial score (nSPS) is 31.7. The Morgan fingerprint density at radius 2 is 2.16 bits per heavy atom. The molecular formula is C21H30N2O2. The molecule has 1 aromatic carbocycles. The number of rotatable bonds is 6. The molecule has 2 aliphatic carbocycles. The third-order valence-corrected chi connectivity index (χ3v) is 6.78. The average molecular weight is 342 g/mol. The van der Waals surface area contributed by atoms with Crippen LogP contribution < -0.4 is 5.32 Å². The van der Waals surface area contributed by atoms with E-state index in [1.807, 2.05) is 12.1 Å². The number of carbonyl (C=O) groups is 1. The summed E-state index contributed by atoms with van der Waals surface area (Å²) in [6, 6.07) is 6.38. The third kappa shape index (κ3) is 2.89. The van der Waals surface area contributed by atoms with E-state index in [1.54, 1.807) is 7.11 Å². The van der Waals surface area contributed by atoms with Crippen LogP contribution in [0.3, 0.4) is 0 Å². The highest BCUT2D eigenvalue weighted by atomic mass is 16.5. The number of carbonyl (C=O) groups excluding carboxylic acids is 1. The average Bonchev–Trinajstić information content (AvgIpc) is 3.41. The first kappa shape index (κ1) is 17.0. The molecule has 0 unspecified atom stereocenters. The number of methoxy groups -OCH3 is 1. The molecule has 3 aliphatic rings. The lowest BCUT2D eigenvalue weighted by Gasteiger charge is -2.53. The molecule has 4 rings (SSSR count). The van der Waals surface area contributed by atoms with Gasteiger partial charge in [0, 0.05) is 31.5 Å². The number of nitrogens with zero attached hydrogens (tertiary/aromatic N) is 1. The molecule has 1 aliphatic heterocycles. The lowest BCUT2D eigenvalue weighted by atomic mass is 9.58. The van der Waals surface area contributed by atoms with Crippen LogP contribution in [0.5, 0.6) is 0 Å². The van der Waals surface area contributed by atoms with Gasteiger partial charge in [-0.3, -0.25) is 9.69 Å². The van der Waals surface area contributed by atoms with Crippen molar-refractivity contribution in [1.29, 1.82) is 0 Å². The number of anilines is 1. The Morgan fingerprint density at radius 1 is 1.36 bits per heavy atom. The van der Waals surface area contributed by atoms with Crippen LogP contribution in [-0.2, 0) is 10.2 Å². The molecule has 3 atom stereocenters. The zero-order valence-corrected chi connectivity index (χ0v) is 15.7. The molecule has 0 radical (unpaired) electrons. The van der Waals surface area contributed by atoms with Gasteiger partial charge in [-0.1, -0.05) is 13.8 Å². The van der Waals surface area contributed by atoms with E-state index in [2.05, 4.69) is 30.1 Å². The van der Waals surface area contributed by atoms with Gasteiger partial charge < -0.3 is 10.1 Å².